The summed E-state index contributed by atoms with van der Waals surface area (Å²) in [5.41, 5.74) is 2.51. The first-order chi connectivity index (χ1) is 8.70. The topological polar surface area (TPSA) is 65.4 Å². The van der Waals surface area contributed by atoms with E-state index in [9.17, 15) is 10.2 Å². The molecule has 0 aliphatic rings. The van der Waals surface area contributed by atoms with Crippen molar-refractivity contribution in [2.75, 3.05) is 5.32 Å². The minimum Gasteiger partial charge on any atom is -0.508 e. The summed E-state index contributed by atoms with van der Waals surface area (Å²) in [6.45, 7) is 0.500. The molecular weight excluding hydrogens is 296 g/mol. The molecule has 0 saturated carbocycles. The fourth-order valence-corrected chi connectivity index (χ4v) is 1.99. The lowest BCUT2D eigenvalue weighted by Crippen LogP contribution is -2.03. The van der Waals surface area contributed by atoms with Crippen molar-refractivity contribution >= 4 is 21.6 Å². The van der Waals surface area contributed by atoms with Gasteiger partial charge in [-0.05, 0) is 29.8 Å². The molecule has 0 radical (unpaired) electrons. The number of hydrogen-bond acceptors (Lipinski definition) is 4. The Morgan fingerprint density at radius 1 is 1.22 bits per heavy atom. The summed E-state index contributed by atoms with van der Waals surface area (Å²) >= 11 is 3.42. The second-order valence-electron chi connectivity index (χ2n) is 3.82. The summed E-state index contributed by atoms with van der Waals surface area (Å²) in [6.07, 6.45) is 3.31. The Morgan fingerprint density at radius 3 is 2.83 bits per heavy atom. The molecule has 2 aromatic rings. The molecular formula is C13H13BrN2O2. The van der Waals surface area contributed by atoms with Gasteiger partial charge in [-0.15, -0.1) is 0 Å². The van der Waals surface area contributed by atoms with Gasteiger partial charge in [0.05, 0.1) is 18.5 Å². The number of benzene rings is 1. The summed E-state index contributed by atoms with van der Waals surface area (Å²) < 4.78 is 0.919. The number of nitrogens with one attached hydrogen (secondary N) is 1. The molecule has 2 rings (SSSR count). The van der Waals surface area contributed by atoms with E-state index >= 15 is 0 Å². The van der Waals surface area contributed by atoms with Crippen molar-refractivity contribution in [3.8, 4) is 5.75 Å². The molecule has 4 nitrogen and oxygen atoms in total. The Hall–Kier alpha value is -1.59. The number of phenolic OH excluding ortho intramolecular Hbond substituents is 1. The van der Waals surface area contributed by atoms with E-state index in [0.29, 0.717) is 6.54 Å². The number of aliphatic hydroxyl groups is 1. The molecule has 94 valence electrons. The number of phenols is 1. The van der Waals surface area contributed by atoms with Crippen molar-refractivity contribution < 1.29 is 10.2 Å². The predicted octanol–water partition coefficient (Wildman–Crippen LogP) is 2.65. The highest BCUT2D eigenvalue weighted by Gasteiger charge is 2.04. The van der Waals surface area contributed by atoms with Crippen molar-refractivity contribution in [3.63, 3.8) is 0 Å². The van der Waals surface area contributed by atoms with Crippen LogP contribution in [0, 0.1) is 0 Å². The molecule has 0 amide bonds. The summed E-state index contributed by atoms with van der Waals surface area (Å²) in [5, 5.41) is 21.8. The first kappa shape index (κ1) is 12.9. The third kappa shape index (κ3) is 3.00. The van der Waals surface area contributed by atoms with Crippen molar-refractivity contribution in [2.45, 2.75) is 13.2 Å². The Kier molecular flexibility index (Phi) is 4.17. The zero-order valence-corrected chi connectivity index (χ0v) is 11.2. The lowest BCUT2D eigenvalue weighted by Gasteiger charge is -2.11. The number of pyridine rings is 1. The number of aromatic nitrogens is 1. The maximum absolute atomic E-state index is 9.43. The first-order valence-electron chi connectivity index (χ1n) is 5.45. The number of anilines is 1. The third-order valence-corrected chi connectivity index (χ3v) is 3.35. The Bertz CT molecular complexity index is 546. The van der Waals surface area contributed by atoms with Gasteiger partial charge in [0.15, 0.2) is 0 Å². The molecule has 0 spiro atoms. The van der Waals surface area contributed by atoms with Crippen LogP contribution in [0.3, 0.4) is 0 Å². The van der Waals surface area contributed by atoms with E-state index < -0.39 is 0 Å². The molecule has 1 heterocycles. The van der Waals surface area contributed by atoms with Crippen LogP contribution >= 0.6 is 15.9 Å². The van der Waals surface area contributed by atoms with Crippen molar-refractivity contribution in [1.82, 2.24) is 4.98 Å². The van der Waals surface area contributed by atoms with E-state index in [1.54, 1.807) is 36.7 Å². The highest BCUT2D eigenvalue weighted by atomic mass is 79.9. The number of halogens is 1. The van der Waals surface area contributed by atoms with Gasteiger partial charge in [-0.3, -0.25) is 4.98 Å². The quantitative estimate of drug-likeness (QED) is 0.812. The second-order valence-corrected chi connectivity index (χ2v) is 4.67. The predicted molar refractivity (Wildman–Crippen MR) is 73.3 cm³/mol. The number of aliphatic hydroxyl groups excluding tert-OH is 1. The number of hydrogen-bond donors (Lipinski definition) is 3. The van der Waals surface area contributed by atoms with Crippen LogP contribution < -0.4 is 5.32 Å². The molecule has 0 fully saturated rings. The Labute approximate surface area is 113 Å². The first-order valence-corrected chi connectivity index (χ1v) is 6.25. The minimum atomic E-state index is -0.0357. The van der Waals surface area contributed by atoms with Gasteiger partial charge in [-0.1, -0.05) is 15.9 Å². The molecule has 3 N–H and O–H groups in total. The van der Waals surface area contributed by atoms with Gasteiger partial charge in [-0.25, -0.2) is 0 Å². The maximum Gasteiger partial charge on any atom is 0.115 e. The van der Waals surface area contributed by atoms with E-state index in [0.717, 1.165) is 21.3 Å². The zero-order chi connectivity index (χ0) is 13.0. The highest BCUT2D eigenvalue weighted by molar-refractivity contribution is 9.10. The van der Waals surface area contributed by atoms with Gasteiger partial charge in [0.25, 0.3) is 0 Å². The Balaban J connectivity index is 2.14. The van der Waals surface area contributed by atoms with Gasteiger partial charge in [0, 0.05) is 22.8 Å². The Morgan fingerprint density at radius 2 is 2.06 bits per heavy atom. The van der Waals surface area contributed by atoms with Crippen LogP contribution in [0.4, 0.5) is 5.69 Å². The van der Waals surface area contributed by atoms with Crippen molar-refractivity contribution in [3.05, 3.63) is 52.3 Å². The molecule has 0 bridgehead atoms. The van der Waals surface area contributed by atoms with Crippen LogP contribution in [0.5, 0.6) is 5.75 Å². The van der Waals surface area contributed by atoms with E-state index in [-0.39, 0.29) is 12.4 Å². The van der Waals surface area contributed by atoms with Gasteiger partial charge in [-0.2, -0.15) is 0 Å². The van der Waals surface area contributed by atoms with Crippen LogP contribution in [-0.4, -0.2) is 15.2 Å². The second kappa shape index (κ2) is 5.84. The van der Waals surface area contributed by atoms with Crippen molar-refractivity contribution in [1.29, 1.82) is 0 Å². The summed E-state index contributed by atoms with van der Waals surface area (Å²) in [5.74, 6) is 0.226. The lowest BCUT2D eigenvalue weighted by atomic mass is 10.2. The van der Waals surface area contributed by atoms with Crippen LogP contribution in [0.2, 0.25) is 0 Å². The van der Waals surface area contributed by atoms with Crippen LogP contribution in [-0.2, 0) is 13.2 Å². The molecule has 0 aliphatic heterocycles. The summed E-state index contributed by atoms with van der Waals surface area (Å²) in [7, 11) is 0. The van der Waals surface area contributed by atoms with E-state index in [4.69, 9.17) is 0 Å². The number of aromatic hydroxyl groups is 1. The molecule has 0 aliphatic carbocycles. The standard InChI is InChI=1S/C13H13BrN2O2/c14-12-2-1-11(18)5-10(12)6-16-13-7-15-4-3-9(13)8-17/h1-5,7,16-18H,6,8H2. The molecule has 1 aromatic heterocycles. The van der Waals surface area contributed by atoms with Gasteiger partial charge in [0.2, 0.25) is 0 Å². The van der Waals surface area contributed by atoms with Gasteiger partial charge in [0.1, 0.15) is 5.75 Å². The smallest absolute Gasteiger partial charge is 0.115 e. The van der Waals surface area contributed by atoms with E-state index in [1.165, 1.54) is 0 Å². The fraction of sp³-hybridized carbons (Fsp3) is 0.154. The van der Waals surface area contributed by atoms with E-state index in [2.05, 4.69) is 26.2 Å². The molecule has 5 heteroatoms. The minimum absolute atomic E-state index is 0.0357. The average Bonchev–Trinajstić information content (AvgIpc) is 2.40. The molecule has 1 aromatic carbocycles. The van der Waals surface area contributed by atoms with Crippen LogP contribution in [0.1, 0.15) is 11.1 Å². The molecule has 18 heavy (non-hydrogen) atoms. The zero-order valence-electron chi connectivity index (χ0n) is 9.60. The summed E-state index contributed by atoms with van der Waals surface area (Å²) in [6, 6.07) is 6.87. The fourth-order valence-electron chi connectivity index (χ4n) is 1.61. The normalized spacial score (nSPS) is 10.3. The van der Waals surface area contributed by atoms with Crippen LogP contribution in [0.25, 0.3) is 0 Å². The van der Waals surface area contributed by atoms with Crippen LogP contribution in [0.15, 0.2) is 41.1 Å². The molecule has 0 saturated heterocycles. The lowest BCUT2D eigenvalue weighted by molar-refractivity contribution is 0.282. The van der Waals surface area contributed by atoms with E-state index in [1.807, 2.05) is 0 Å². The monoisotopic (exact) mass is 308 g/mol. The van der Waals surface area contributed by atoms with Gasteiger partial charge < -0.3 is 15.5 Å². The SMILES string of the molecule is OCc1ccncc1NCc1cc(O)ccc1Br. The third-order valence-electron chi connectivity index (χ3n) is 2.58. The number of nitrogens with zero attached hydrogens (tertiary/aromatic N) is 1. The molecule has 0 atom stereocenters. The number of rotatable bonds is 4. The largest absolute Gasteiger partial charge is 0.508 e. The van der Waals surface area contributed by atoms with Gasteiger partial charge >= 0.3 is 0 Å². The summed E-state index contributed by atoms with van der Waals surface area (Å²) in [4.78, 5) is 4.01. The van der Waals surface area contributed by atoms with Crippen molar-refractivity contribution in [2.24, 2.45) is 0 Å². The average molecular weight is 309 g/mol. The highest BCUT2D eigenvalue weighted by Crippen LogP contribution is 2.23. The molecule has 0 unspecified atom stereocenters. The maximum atomic E-state index is 9.43.